The van der Waals surface area contributed by atoms with E-state index in [1.54, 1.807) is 0 Å². The number of thioether (sulfide) groups is 1. The van der Waals surface area contributed by atoms with Crippen molar-refractivity contribution >= 4 is 17.7 Å². The van der Waals surface area contributed by atoms with Gasteiger partial charge in [0.05, 0.1) is 5.92 Å². The van der Waals surface area contributed by atoms with Gasteiger partial charge >= 0.3 is 0 Å². The second kappa shape index (κ2) is 7.27. The zero-order valence-electron chi connectivity index (χ0n) is 11.3. The van der Waals surface area contributed by atoms with Crippen LogP contribution >= 0.6 is 11.8 Å². The molecule has 1 aliphatic rings. The third-order valence-electron chi connectivity index (χ3n) is 3.89. The van der Waals surface area contributed by atoms with Gasteiger partial charge in [-0.3, -0.25) is 4.79 Å². The van der Waals surface area contributed by atoms with Crippen LogP contribution < -0.4 is 5.73 Å². The average molecular weight is 258 g/mol. The fraction of sp³-hybridized carbons (Fsp3) is 0.923. The highest BCUT2D eigenvalue weighted by Crippen LogP contribution is 2.25. The molecule has 100 valence electrons. The van der Waals surface area contributed by atoms with Gasteiger partial charge in [-0.25, -0.2) is 0 Å². The highest BCUT2D eigenvalue weighted by atomic mass is 32.2. The summed E-state index contributed by atoms with van der Waals surface area (Å²) in [5.41, 5.74) is 6.07. The van der Waals surface area contributed by atoms with Crippen molar-refractivity contribution in [3.05, 3.63) is 0 Å². The molecule has 0 bridgehead atoms. The minimum atomic E-state index is 0.0606. The van der Waals surface area contributed by atoms with Gasteiger partial charge in [-0.05, 0) is 38.2 Å². The predicted octanol–water partition coefficient (Wildman–Crippen LogP) is 2.10. The van der Waals surface area contributed by atoms with E-state index >= 15 is 0 Å². The van der Waals surface area contributed by atoms with E-state index in [9.17, 15) is 4.79 Å². The summed E-state index contributed by atoms with van der Waals surface area (Å²) in [5, 5.41) is 0. The van der Waals surface area contributed by atoms with E-state index in [1.165, 1.54) is 6.42 Å². The van der Waals surface area contributed by atoms with Crippen LogP contribution in [0.25, 0.3) is 0 Å². The van der Waals surface area contributed by atoms with E-state index < -0.39 is 0 Å². The molecular weight excluding hydrogens is 232 g/mol. The van der Waals surface area contributed by atoms with Crippen LogP contribution in [0.2, 0.25) is 0 Å². The van der Waals surface area contributed by atoms with Gasteiger partial charge in [-0.1, -0.05) is 12.8 Å². The summed E-state index contributed by atoms with van der Waals surface area (Å²) in [5.74, 6) is 1.42. The molecule has 1 fully saturated rings. The molecular formula is C13H26N2OS. The Morgan fingerprint density at radius 1 is 1.47 bits per heavy atom. The van der Waals surface area contributed by atoms with E-state index in [0.29, 0.717) is 6.04 Å². The van der Waals surface area contributed by atoms with Crippen molar-refractivity contribution in [3.8, 4) is 0 Å². The monoisotopic (exact) mass is 258 g/mol. The number of hydrogen-bond acceptors (Lipinski definition) is 3. The Hall–Kier alpha value is -0.220. The number of rotatable bonds is 5. The van der Waals surface area contributed by atoms with Crippen LogP contribution in [-0.4, -0.2) is 41.9 Å². The van der Waals surface area contributed by atoms with Crippen molar-refractivity contribution < 1.29 is 4.79 Å². The third kappa shape index (κ3) is 4.18. The molecule has 0 heterocycles. The smallest absolute Gasteiger partial charge is 0.227 e. The first-order valence-electron chi connectivity index (χ1n) is 6.59. The van der Waals surface area contributed by atoms with Crippen LogP contribution in [0, 0.1) is 5.92 Å². The fourth-order valence-electron chi connectivity index (χ4n) is 2.43. The van der Waals surface area contributed by atoms with E-state index in [2.05, 4.69) is 13.2 Å². The molecule has 17 heavy (non-hydrogen) atoms. The Kier molecular flexibility index (Phi) is 6.34. The Labute approximate surface area is 109 Å². The van der Waals surface area contributed by atoms with Crippen LogP contribution in [0.3, 0.4) is 0 Å². The minimum absolute atomic E-state index is 0.0606. The van der Waals surface area contributed by atoms with Crippen LogP contribution in [0.15, 0.2) is 0 Å². The second-order valence-electron chi connectivity index (χ2n) is 5.13. The van der Waals surface area contributed by atoms with E-state index in [4.69, 9.17) is 5.73 Å². The maximum Gasteiger partial charge on any atom is 0.227 e. The normalized spacial score (nSPS) is 26.6. The van der Waals surface area contributed by atoms with E-state index in [0.717, 1.165) is 31.4 Å². The zero-order valence-corrected chi connectivity index (χ0v) is 12.1. The molecule has 0 spiro atoms. The molecule has 0 aromatic heterocycles. The molecule has 1 aliphatic carbocycles. The van der Waals surface area contributed by atoms with Crippen LogP contribution in [0.5, 0.6) is 0 Å². The molecule has 0 aliphatic heterocycles. The van der Waals surface area contributed by atoms with Gasteiger partial charge < -0.3 is 10.6 Å². The Balaban J connectivity index is 2.49. The fourth-order valence-corrected chi connectivity index (χ4v) is 3.00. The molecule has 1 rings (SSSR count). The molecule has 2 N–H and O–H groups in total. The van der Waals surface area contributed by atoms with Gasteiger partial charge in [0.15, 0.2) is 0 Å². The van der Waals surface area contributed by atoms with Crippen molar-refractivity contribution in [1.29, 1.82) is 0 Å². The summed E-state index contributed by atoms with van der Waals surface area (Å²) in [6.45, 7) is 2.13. The van der Waals surface area contributed by atoms with Gasteiger partial charge in [0.2, 0.25) is 5.91 Å². The van der Waals surface area contributed by atoms with Gasteiger partial charge in [-0.2, -0.15) is 11.8 Å². The van der Waals surface area contributed by atoms with Gasteiger partial charge in [-0.15, -0.1) is 0 Å². The summed E-state index contributed by atoms with van der Waals surface area (Å²) in [4.78, 5) is 14.3. The first-order valence-corrected chi connectivity index (χ1v) is 7.98. The summed E-state index contributed by atoms with van der Waals surface area (Å²) in [6.07, 6.45) is 7.47. The van der Waals surface area contributed by atoms with Crippen LogP contribution in [-0.2, 0) is 4.79 Å². The molecule has 3 atom stereocenters. The topological polar surface area (TPSA) is 46.3 Å². The molecule has 3 unspecified atom stereocenters. The molecule has 0 saturated heterocycles. The maximum absolute atomic E-state index is 12.4. The number of nitrogens with two attached hydrogens (primary N) is 1. The van der Waals surface area contributed by atoms with Gasteiger partial charge in [0.25, 0.3) is 0 Å². The van der Waals surface area contributed by atoms with Crippen molar-refractivity contribution in [2.24, 2.45) is 11.7 Å². The molecule has 4 heteroatoms. The highest BCUT2D eigenvalue weighted by Gasteiger charge is 2.31. The lowest BCUT2D eigenvalue weighted by atomic mass is 9.84. The second-order valence-corrected chi connectivity index (χ2v) is 6.12. The number of carbonyl (C=O) groups excluding carboxylic acids is 1. The number of carbonyl (C=O) groups is 1. The standard InChI is InChI=1S/C13H26N2OS/c1-10(8-9-17-3)15(2)13(16)11-6-4-5-7-12(11)14/h10-12H,4-9,14H2,1-3H3. The molecule has 1 amide bonds. The summed E-state index contributed by atoms with van der Waals surface area (Å²) in [7, 11) is 1.93. The van der Waals surface area contributed by atoms with E-state index in [-0.39, 0.29) is 17.9 Å². The lowest BCUT2D eigenvalue weighted by Gasteiger charge is -2.33. The quantitative estimate of drug-likeness (QED) is 0.821. The predicted molar refractivity (Wildman–Crippen MR) is 75.2 cm³/mol. The third-order valence-corrected chi connectivity index (χ3v) is 4.53. The van der Waals surface area contributed by atoms with Crippen molar-refractivity contribution in [2.75, 3.05) is 19.1 Å². The summed E-state index contributed by atoms with van der Waals surface area (Å²) >= 11 is 1.83. The lowest BCUT2D eigenvalue weighted by molar-refractivity contribution is -0.137. The van der Waals surface area contributed by atoms with Crippen molar-refractivity contribution in [3.63, 3.8) is 0 Å². The average Bonchev–Trinajstić information content (AvgIpc) is 2.34. The summed E-state index contributed by atoms with van der Waals surface area (Å²) < 4.78 is 0. The minimum Gasteiger partial charge on any atom is -0.343 e. The Morgan fingerprint density at radius 2 is 2.12 bits per heavy atom. The first-order chi connectivity index (χ1) is 8.07. The van der Waals surface area contributed by atoms with Gasteiger partial charge in [0, 0.05) is 19.1 Å². The lowest BCUT2D eigenvalue weighted by Crippen LogP contribution is -2.47. The maximum atomic E-state index is 12.4. The molecule has 0 radical (unpaired) electrons. The Bertz CT molecular complexity index is 248. The van der Waals surface area contributed by atoms with Gasteiger partial charge in [0.1, 0.15) is 0 Å². The molecule has 1 saturated carbocycles. The number of amides is 1. The van der Waals surface area contributed by atoms with E-state index in [1.807, 2.05) is 23.7 Å². The van der Waals surface area contributed by atoms with Crippen molar-refractivity contribution in [1.82, 2.24) is 4.90 Å². The Morgan fingerprint density at radius 3 is 2.71 bits per heavy atom. The van der Waals surface area contributed by atoms with Crippen LogP contribution in [0.4, 0.5) is 0 Å². The number of nitrogens with zero attached hydrogens (tertiary/aromatic N) is 1. The first kappa shape index (κ1) is 14.8. The SMILES string of the molecule is CSCCC(C)N(C)C(=O)C1CCCCC1N. The zero-order chi connectivity index (χ0) is 12.8. The van der Waals surface area contributed by atoms with Crippen molar-refractivity contribution in [2.45, 2.75) is 51.1 Å². The number of hydrogen-bond donors (Lipinski definition) is 1. The molecule has 0 aromatic carbocycles. The largest absolute Gasteiger partial charge is 0.343 e. The molecule has 0 aromatic rings. The summed E-state index contributed by atoms with van der Waals surface area (Å²) in [6, 6.07) is 0.399. The highest BCUT2D eigenvalue weighted by molar-refractivity contribution is 7.98. The molecule has 3 nitrogen and oxygen atoms in total. The van der Waals surface area contributed by atoms with Crippen LogP contribution in [0.1, 0.15) is 39.0 Å².